The molecule has 0 unspecified atom stereocenters. The van der Waals surface area contributed by atoms with Crippen LogP contribution in [0.3, 0.4) is 0 Å². The Kier molecular flexibility index (Phi) is 8.12. The molecule has 1 heterocycles. The minimum absolute atomic E-state index is 0.0811. The van der Waals surface area contributed by atoms with Crippen molar-refractivity contribution >= 4 is 35.0 Å². The van der Waals surface area contributed by atoms with Crippen LogP contribution in [-0.4, -0.2) is 37.5 Å². The first-order valence-electron chi connectivity index (χ1n) is 10.5. The number of thioether (sulfide) groups is 1. The van der Waals surface area contributed by atoms with Crippen molar-refractivity contribution in [2.75, 3.05) is 14.2 Å². The van der Waals surface area contributed by atoms with Crippen LogP contribution in [0.25, 0.3) is 0 Å². The largest absolute Gasteiger partial charge is 0.496 e. The van der Waals surface area contributed by atoms with Crippen molar-refractivity contribution in [3.8, 4) is 11.5 Å². The minimum atomic E-state index is -0.611. The summed E-state index contributed by atoms with van der Waals surface area (Å²) < 4.78 is 15.9. The van der Waals surface area contributed by atoms with Gasteiger partial charge in [-0.3, -0.25) is 10.1 Å². The van der Waals surface area contributed by atoms with E-state index in [1.165, 1.54) is 12.7 Å². The van der Waals surface area contributed by atoms with E-state index in [0.717, 1.165) is 34.7 Å². The fourth-order valence-corrected chi connectivity index (χ4v) is 3.73. The van der Waals surface area contributed by atoms with E-state index in [2.05, 4.69) is 53.2 Å². The molecule has 8 nitrogen and oxygen atoms in total. The van der Waals surface area contributed by atoms with Crippen LogP contribution in [0.15, 0.2) is 63.6 Å². The molecule has 1 aliphatic rings. The zero-order valence-corrected chi connectivity index (χ0v) is 20.6. The van der Waals surface area contributed by atoms with Crippen molar-refractivity contribution in [2.45, 2.75) is 32.8 Å². The summed E-state index contributed by atoms with van der Waals surface area (Å²) in [7, 11) is 2.85. The zero-order chi connectivity index (χ0) is 24.7. The second kappa shape index (κ2) is 11.0. The van der Waals surface area contributed by atoms with E-state index in [0.29, 0.717) is 12.4 Å². The molecule has 0 aliphatic carbocycles. The average Bonchev–Trinajstić information content (AvgIpc) is 3.16. The van der Waals surface area contributed by atoms with Gasteiger partial charge in [-0.1, -0.05) is 32.9 Å². The number of methoxy groups -OCH3 is 2. The van der Waals surface area contributed by atoms with Crippen LogP contribution < -0.4 is 14.8 Å². The Balaban J connectivity index is 1.67. The monoisotopic (exact) mass is 481 g/mol. The lowest BCUT2D eigenvalue weighted by Crippen LogP contribution is -2.19. The maximum atomic E-state index is 11.9. The number of amides is 1. The molecule has 0 radical (unpaired) electrons. The number of carbonyl (C=O) groups is 2. The molecule has 3 rings (SSSR count). The second-order valence-electron chi connectivity index (χ2n) is 8.37. The van der Waals surface area contributed by atoms with E-state index in [1.807, 2.05) is 30.3 Å². The molecule has 0 aromatic heterocycles. The summed E-state index contributed by atoms with van der Waals surface area (Å²) in [5.41, 5.74) is 2.96. The van der Waals surface area contributed by atoms with Gasteiger partial charge in [-0.25, -0.2) is 4.79 Å². The van der Waals surface area contributed by atoms with Gasteiger partial charge in [0.1, 0.15) is 18.1 Å². The predicted octanol–water partition coefficient (Wildman–Crippen LogP) is 4.18. The summed E-state index contributed by atoms with van der Waals surface area (Å²) in [5, 5.41) is 10.9. The molecule has 9 heteroatoms. The fraction of sp³-hybridized carbons (Fsp3) is 0.280. The number of esters is 1. The van der Waals surface area contributed by atoms with Crippen molar-refractivity contribution in [1.29, 1.82) is 0 Å². The topological polar surface area (TPSA) is 98.6 Å². The number of carbonyl (C=O) groups excluding carboxylic acids is 2. The molecule has 0 bridgehead atoms. The molecule has 1 saturated heterocycles. The SMILES string of the molecule is COC(=O)/C=C1/S/C(=N\N=Cc2ccc(OC)c(COc3ccc(C(C)(C)C)cc3)c2)NC1=O. The van der Waals surface area contributed by atoms with Crippen molar-refractivity contribution in [1.82, 2.24) is 5.32 Å². The summed E-state index contributed by atoms with van der Waals surface area (Å²) in [5.74, 6) is 0.431. The van der Waals surface area contributed by atoms with Crippen LogP contribution in [0, 0.1) is 0 Å². The first-order chi connectivity index (χ1) is 16.2. The standard InChI is InChI=1S/C25H27N3O5S/c1-25(2,3)18-7-9-19(10-8-18)33-15-17-12-16(6-11-20(17)31-4)14-26-28-24-27-23(30)21(34-24)13-22(29)32-5/h6-14H,15H2,1-5H3,(H,27,28,30)/b21-13+,26-14?. The zero-order valence-electron chi connectivity index (χ0n) is 19.7. The van der Waals surface area contributed by atoms with E-state index in [9.17, 15) is 9.59 Å². The fourth-order valence-electron chi connectivity index (χ4n) is 2.99. The molecule has 1 fully saturated rings. The molecule has 2 aromatic rings. The van der Waals surface area contributed by atoms with Crippen LogP contribution in [0.2, 0.25) is 0 Å². The lowest BCUT2D eigenvalue weighted by Gasteiger charge is -2.19. The molecule has 0 spiro atoms. The highest BCUT2D eigenvalue weighted by Gasteiger charge is 2.25. The van der Waals surface area contributed by atoms with Gasteiger partial charge in [-0.2, -0.15) is 5.10 Å². The van der Waals surface area contributed by atoms with Crippen molar-refractivity contribution < 1.29 is 23.8 Å². The molecule has 1 aliphatic heterocycles. The second-order valence-corrected chi connectivity index (χ2v) is 9.40. The quantitative estimate of drug-likeness (QED) is 0.276. The van der Waals surface area contributed by atoms with Crippen molar-refractivity contribution in [3.63, 3.8) is 0 Å². The first kappa shape index (κ1) is 25.0. The number of nitrogens with zero attached hydrogens (tertiary/aromatic N) is 2. The van der Waals surface area contributed by atoms with E-state index < -0.39 is 11.9 Å². The number of hydrogen-bond donors (Lipinski definition) is 1. The maximum Gasteiger partial charge on any atom is 0.331 e. The Morgan fingerprint density at radius 2 is 1.85 bits per heavy atom. The van der Waals surface area contributed by atoms with Gasteiger partial charge in [0.25, 0.3) is 5.91 Å². The Bertz CT molecular complexity index is 1150. The predicted molar refractivity (Wildman–Crippen MR) is 133 cm³/mol. The van der Waals surface area contributed by atoms with Crippen LogP contribution in [0.1, 0.15) is 37.5 Å². The van der Waals surface area contributed by atoms with E-state index in [-0.39, 0.29) is 15.5 Å². The summed E-state index contributed by atoms with van der Waals surface area (Å²) >= 11 is 1.01. The maximum absolute atomic E-state index is 11.9. The number of benzene rings is 2. The molecule has 178 valence electrons. The summed E-state index contributed by atoms with van der Waals surface area (Å²) in [6, 6.07) is 13.6. The van der Waals surface area contributed by atoms with Crippen LogP contribution in [0.4, 0.5) is 0 Å². The lowest BCUT2D eigenvalue weighted by molar-refractivity contribution is -0.135. The van der Waals surface area contributed by atoms with Crippen LogP contribution in [-0.2, 0) is 26.3 Å². The van der Waals surface area contributed by atoms with Gasteiger partial charge in [0.2, 0.25) is 0 Å². The average molecular weight is 482 g/mol. The van der Waals surface area contributed by atoms with Crippen molar-refractivity contribution in [3.05, 3.63) is 70.1 Å². The normalized spacial score (nSPS) is 16.2. The minimum Gasteiger partial charge on any atom is -0.496 e. The van der Waals surface area contributed by atoms with Gasteiger partial charge in [0.15, 0.2) is 5.17 Å². The van der Waals surface area contributed by atoms with Crippen molar-refractivity contribution in [2.24, 2.45) is 10.2 Å². The molecule has 2 aromatic carbocycles. The Morgan fingerprint density at radius 3 is 2.50 bits per heavy atom. The summed E-state index contributed by atoms with van der Waals surface area (Å²) in [6.07, 6.45) is 2.67. The highest BCUT2D eigenvalue weighted by atomic mass is 32.2. The third-order valence-electron chi connectivity index (χ3n) is 4.88. The van der Waals surface area contributed by atoms with Gasteiger partial charge >= 0.3 is 5.97 Å². The molecule has 34 heavy (non-hydrogen) atoms. The van der Waals surface area contributed by atoms with Gasteiger partial charge < -0.3 is 14.2 Å². The Hall–Kier alpha value is -3.59. The summed E-state index contributed by atoms with van der Waals surface area (Å²) in [4.78, 5) is 23.4. The molecule has 1 N–H and O–H groups in total. The van der Waals surface area contributed by atoms with Crippen LogP contribution >= 0.6 is 11.8 Å². The number of nitrogens with one attached hydrogen (secondary N) is 1. The third-order valence-corrected chi connectivity index (χ3v) is 5.78. The van der Waals surface area contributed by atoms with E-state index in [1.54, 1.807) is 13.3 Å². The summed E-state index contributed by atoms with van der Waals surface area (Å²) in [6.45, 7) is 6.83. The number of rotatable bonds is 7. The Morgan fingerprint density at radius 1 is 1.12 bits per heavy atom. The Labute approximate surface area is 203 Å². The molecule has 0 saturated carbocycles. The number of hydrogen-bond acceptors (Lipinski definition) is 8. The smallest absolute Gasteiger partial charge is 0.331 e. The van der Waals surface area contributed by atoms with Gasteiger partial charge in [-0.05, 0) is 58.6 Å². The molecular formula is C25H27N3O5S. The number of amidine groups is 1. The number of ether oxygens (including phenoxy) is 3. The van der Waals surface area contributed by atoms with Gasteiger partial charge in [0, 0.05) is 11.6 Å². The first-order valence-corrected chi connectivity index (χ1v) is 11.3. The van der Waals surface area contributed by atoms with E-state index in [4.69, 9.17) is 9.47 Å². The molecule has 1 amide bonds. The van der Waals surface area contributed by atoms with Crippen LogP contribution in [0.5, 0.6) is 11.5 Å². The highest BCUT2D eigenvalue weighted by molar-refractivity contribution is 8.18. The third kappa shape index (κ3) is 6.71. The highest BCUT2D eigenvalue weighted by Crippen LogP contribution is 2.26. The van der Waals surface area contributed by atoms with Gasteiger partial charge in [0.05, 0.1) is 25.3 Å². The van der Waals surface area contributed by atoms with E-state index >= 15 is 0 Å². The molecular weight excluding hydrogens is 454 g/mol. The molecule has 0 atom stereocenters. The van der Waals surface area contributed by atoms with Gasteiger partial charge in [-0.15, -0.1) is 5.10 Å². The lowest BCUT2D eigenvalue weighted by atomic mass is 9.87.